The third-order valence-electron chi connectivity index (χ3n) is 5.61. The number of carbonyl (C=O) groups excluding carboxylic acids is 4. The molecule has 0 saturated heterocycles. The van der Waals surface area contributed by atoms with Crippen molar-refractivity contribution in [1.29, 1.82) is 0 Å². The molecule has 0 spiro atoms. The predicted octanol–water partition coefficient (Wildman–Crippen LogP) is 5.68. The summed E-state index contributed by atoms with van der Waals surface area (Å²) in [5.41, 5.74) is -0.554. The van der Waals surface area contributed by atoms with E-state index in [1.807, 2.05) is 0 Å². The Morgan fingerprint density at radius 2 is 1.65 bits per heavy atom. The van der Waals surface area contributed by atoms with E-state index in [9.17, 15) is 32.3 Å². The van der Waals surface area contributed by atoms with Crippen molar-refractivity contribution in [3.63, 3.8) is 0 Å². The lowest BCUT2D eigenvalue weighted by Crippen LogP contribution is -2.37. The quantitative estimate of drug-likeness (QED) is 0.185. The highest BCUT2D eigenvalue weighted by molar-refractivity contribution is 6.45. The molecule has 1 heterocycles. The summed E-state index contributed by atoms with van der Waals surface area (Å²) in [6, 6.07) is 17.3. The monoisotopic (exact) mass is 527 g/mol. The normalized spacial score (nSPS) is 15.7. The van der Waals surface area contributed by atoms with Crippen LogP contribution in [0, 0.1) is 5.92 Å². The number of hydrogen-bond acceptors (Lipinski definition) is 5. The minimum atomic E-state index is -4.80. The summed E-state index contributed by atoms with van der Waals surface area (Å²) in [5.74, 6) is -6.03. The number of rotatable bonds is 7. The molecule has 3 aromatic carbocycles. The summed E-state index contributed by atoms with van der Waals surface area (Å²) in [7, 11) is 0. The van der Waals surface area contributed by atoms with E-state index in [0.717, 1.165) is 18.2 Å². The number of hydrogen-bond donors (Lipinski definition) is 1. The van der Waals surface area contributed by atoms with Crippen molar-refractivity contribution in [1.82, 2.24) is 0 Å². The lowest BCUT2D eigenvalue weighted by Gasteiger charge is -2.20. The van der Waals surface area contributed by atoms with Crippen LogP contribution >= 0.6 is 11.6 Å². The fourth-order valence-electron chi connectivity index (χ4n) is 3.84. The van der Waals surface area contributed by atoms with Crippen LogP contribution in [0.3, 0.4) is 0 Å². The van der Waals surface area contributed by atoms with Gasteiger partial charge in [0.1, 0.15) is 12.0 Å². The molecule has 0 aromatic heterocycles. The van der Waals surface area contributed by atoms with Gasteiger partial charge in [-0.1, -0.05) is 66.2 Å². The van der Waals surface area contributed by atoms with Gasteiger partial charge in [0.15, 0.2) is 5.78 Å². The van der Waals surface area contributed by atoms with Crippen LogP contribution < -0.4 is 5.32 Å². The van der Waals surface area contributed by atoms with Crippen LogP contribution in [0.2, 0.25) is 5.02 Å². The van der Waals surface area contributed by atoms with Crippen molar-refractivity contribution in [3.05, 3.63) is 106 Å². The third-order valence-corrected chi connectivity index (χ3v) is 5.94. The van der Waals surface area contributed by atoms with E-state index >= 15 is 0 Å². The van der Waals surface area contributed by atoms with E-state index in [4.69, 9.17) is 16.3 Å². The first-order valence-electron chi connectivity index (χ1n) is 10.8. The number of cyclic esters (lactones) is 1. The SMILES string of the molecule is O=C(Nc1ccc(Cl)c(C(F)(F)F)c1)C(=O)C(C(=O)C=Cc1ccccc1)C1OC(=O)c2ccccc21. The van der Waals surface area contributed by atoms with Gasteiger partial charge in [-0.25, -0.2) is 4.79 Å². The van der Waals surface area contributed by atoms with Crippen LogP contribution in [-0.4, -0.2) is 23.4 Å². The Bertz CT molecular complexity index is 1420. The topological polar surface area (TPSA) is 89.5 Å². The molecule has 0 radical (unpaired) electrons. The summed E-state index contributed by atoms with van der Waals surface area (Å²) >= 11 is 5.60. The second-order valence-corrected chi connectivity index (χ2v) is 8.46. The van der Waals surface area contributed by atoms with Gasteiger partial charge in [-0.2, -0.15) is 13.2 Å². The van der Waals surface area contributed by atoms with Gasteiger partial charge in [-0.15, -0.1) is 0 Å². The highest BCUT2D eigenvalue weighted by atomic mass is 35.5. The number of fused-ring (bicyclic) bond motifs is 1. The second-order valence-electron chi connectivity index (χ2n) is 8.05. The number of amides is 1. The predicted molar refractivity (Wildman–Crippen MR) is 129 cm³/mol. The van der Waals surface area contributed by atoms with Gasteiger partial charge in [-0.3, -0.25) is 14.4 Å². The summed E-state index contributed by atoms with van der Waals surface area (Å²) in [4.78, 5) is 51.6. The summed E-state index contributed by atoms with van der Waals surface area (Å²) in [5, 5.41) is 1.49. The minimum Gasteiger partial charge on any atom is -0.453 e. The average Bonchev–Trinajstić information content (AvgIpc) is 3.20. The number of nitrogens with one attached hydrogen (secondary N) is 1. The second kappa shape index (κ2) is 10.4. The molecule has 4 rings (SSSR count). The van der Waals surface area contributed by atoms with E-state index in [-0.39, 0.29) is 16.8 Å². The lowest BCUT2D eigenvalue weighted by atomic mass is 9.87. The van der Waals surface area contributed by atoms with Gasteiger partial charge in [0.2, 0.25) is 5.78 Å². The standard InChI is InChI=1S/C27H17ClF3NO5/c28-20-12-11-16(14-19(20)27(29,30)31)32-25(35)23(34)22(21(33)13-10-15-6-2-1-3-7-15)24-17-8-4-5-9-18(17)26(36)37-24/h1-14,22,24H,(H,32,35). The summed E-state index contributed by atoms with van der Waals surface area (Å²) < 4.78 is 44.9. The van der Waals surface area contributed by atoms with Crippen LogP contribution in [0.4, 0.5) is 18.9 Å². The molecule has 0 saturated carbocycles. The van der Waals surface area contributed by atoms with Gasteiger partial charge in [-0.05, 0) is 35.9 Å². The lowest BCUT2D eigenvalue weighted by molar-refractivity contribution is -0.143. The van der Waals surface area contributed by atoms with E-state index in [2.05, 4.69) is 5.32 Å². The Hall–Kier alpha value is -4.24. The van der Waals surface area contributed by atoms with E-state index in [0.29, 0.717) is 11.6 Å². The highest BCUT2D eigenvalue weighted by Crippen LogP contribution is 2.38. The first-order chi connectivity index (χ1) is 17.6. The number of allylic oxidation sites excluding steroid dienone is 1. The Morgan fingerprint density at radius 3 is 2.35 bits per heavy atom. The average molecular weight is 528 g/mol. The number of ketones is 2. The molecule has 1 aliphatic heterocycles. The van der Waals surface area contributed by atoms with Crippen molar-refractivity contribution in [2.75, 3.05) is 5.32 Å². The molecular weight excluding hydrogens is 511 g/mol. The van der Waals surface area contributed by atoms with Gasteiger partial charge < -0.3 is 10.1 Å². The van der Waals surface area contributed by atoms with Crippen LogP contribution in [0.25, 0.3) is 6.08 Å². The molecule has 6 nitrogen and oxygen atoms in total. The highest BCUT2D eigenvalue weighted by Gasteiger charge is 2.45. The van der Waals surface area contributed by atoms with Gasteiger partial charge in [0.25, 0.3) is 5.91 Å². The third kappa shape index (κ3) is 5.62. The molecule has 2 unspecified atom stereocenters. The molecule has 1 amide bonds. The molecule has 188 valence electrons. The maximum Gasteiger partial charge on any atom is 0.417 e. The Balaban J connectivity index is 1.66. The van der Waals surface area contributed by atoms with E-state index < -0.39 is 52.2 Å². The Kier molecular flexibility index (Phi) is 7.26. The van der Waals surface area contributed by atoms with Gasteiger partial charge in [0, 0.05) is 11.3 Å². The molecular formula is C27H17ClF3NO5. The zero-order valence-corrected chi connectivity index (χ0v) is 19.5. The summed E-state index contributed by atoms with van der Waals surface area (Å²) in [6.07, 6.45) is -3.68. The molecule has 1 aliphatic rings. The fourth-order valence-corrected chi connectivity index (χ4v) is 4.06. The van der Waals surface area contributed by atoms with Crippen molar-refractivity contribution in [2.24, 2.45) is 5.92 Å². The smallest absolute Gasteiger partial charge is 0.417 e. The zero-order chi connectivity index (χ0) is 26.7. The van der Waals surface area contributed by atoms with E-state index in [1.165, 1.54) is 18.2 Å². The van der Waals surface area contributed by atoms with Gasteiger partial charge in [0.05, 0.1) is 16.1 Å². The van der Waals surface area contributed by atoms with Crippen LogP contribution in [0.1, 0.15) is 33.2 Å². The number of ether oxygens (including phenoxy) is 1. The fraction of sp³-hybridized carbons (Fsp3) is 0.111. The van der Waals surface area contributed by atoms with Crippen molar-refractivity contribution >= 4 is 46.8 Å². The van der Waals surface area contributed by atoms with Crippen LogP contribution in [-0.2, 0) is 25.3 Å². The number of carbonyl (C=O) groups is 4. The van der Waals surface area contributed by atoms with Crippen molar-refractivity contribution in [2.45, 2.75) is 12.3 Å². The zero-order valence-electron chi connectivity index (χ0n) is 18.8. The Morgan fingerprint density at radius 1 is 0.973 bits per heavy atom. The molecule has 0 aliphatic carbocycles. The molecule has 0 fully saturated rings. The van der Waals surface area contributed by atoms with Crippen LogP contribution in [0.15, 0.2) is 78.9 Å². The van der Waals surface area contributed by atoms with Crippen molar-refractivity contribution < 1.29 is 37.1 Å². The Labute approximate surface area is 213 Å². The molecule has 0 bridgehead atoms. The molecule has 3 aromatic rings. The number of esters is 1. The number of benzene rings is 3. The molecule has 10 heteroatoms. The molecule has 2 atom stereocenters. The minimum absolute atomic E-state index is 0.137. The molecule has 37 heavy (non-hydrogen) atoms. The number of Topliss-reactive ketones (excluding diaryl/α,β-unsaturated/α-hetero) is 1. The number of alkyl halides is 3. The maximum atomic E-state index is 13.2. The van der Waals surface area contributed by atoms with Gasteiger partial charge >= 0.3 is 12.1 Å². The number of anilines is 1. The largest absolute Gasteiger partial charge is 0.453 e. The maximum absolute atomic E-state index is 13.2. The molecule has 1 N–H and O–H groups in total. The van der Waals surface area contributed by atoms with Crippen LogP contribution in [0.5, 0.6) is 0 Å². The first kappa shape index (κ1) is 25.8. The first-order valence-corrected chi connectivity index (χ1v) is 11.2. The summed E-state index contributed by atoms with van der Waals surface area (Å²) in [6.45, 7) is 0. The number of halogens is 4. The van der Waals surface area contributed by atoms with Crippen molar-refractivity contribution in [3.8, 4) is 0 Å². The van der Waals surface area contributed by atoms with E-state index in [1.54, 1.807) is 42.5 Å².